The quantitative estimate of drug-likeness (QED) is 0.486. The number of cyclic esters (lactones) is 1. The summed E-state index contributed by atoms with van der Waals surface area (Å²) in [4.78, 5) is 24.3. The summed E-state index contributed by atoms with van der Waals surface area (Å²) in [5, 5.41) is 0. The third kappa shape index (κ3) is 4.81. The second kappa shape index (κ2) is 9.16. The normalized spacial score (nSPS) is 15.6. The van der Waals surface area contributed by atoms with E-state index in [1.165, 1.54) is 12.1 Å². The van der Waals surface area contributed by atoms with Crippen molar-refractivity contribution in [2.24, 2.45) is 0 Å². The summed E-state index contributed by atoms with van der Waals surface area (Å²) < 4.78 is 38.8. The van der Waals surface area contributed by atoms with E-state index in [9.17, 15) is 18.4 Å². The molecule has 1 atom stereocenters. The van der Waals surface area contributed by atoms with E-state index in [0.717, 1.165) is 18.4 Å². The zero-order valence-electron chi connectivity index (χ0n) is 16.6. The molecule has 0 spiro atoms. The Kier molecular flexibility index (Phi) is 6.62. The fraction of sp³-hybridized carbons (Fsp3) is 0.391. The van der Waals surface area contributed by atoms with E-state index in [4.69, 9.17) is 9.47 Å². The predicted molar refractivity (Wildman–Crippen MR) is 104 cm³/mol. The third-order valence-corrected chi connectivity index (χ3v) is 5.07. The highest BCUT2D eigenvalue weighted by molar-refractivity contribution is 5.93. The monoisotopic (exact) mass is 402 g/mol. The average Bonchev–Trinajstić information content (AvgIpc) is 2.71. The van der Waals surface area contributed by atoms with Gasteiger partial charge in [0.2, 0.25) is 0 Å². The maximum atomic E-state index is 14.2. The van der Waals surface area contributed by atoms with E-state index in [1.807, 2.05) is 13.8 Å². The van der Waals surface area contributed by atoms with Gasteiger partial charge in [0.1, 0.15) is 11.9 Å². The number of hydrogen-bond acceptors (Lipinski definition) is 4. The van der Waals surface area contributed by atoms with Crippen LogP contribution in [0.2, 0.25) is 0 Å². The Bertz CT molecular complexity index is 923. The summed E-state index contributed by atoms with van der Waals surface area (Å²) in [6.07, 6.45) is 2.33. The molecule has 0 amide bonds. The van der Waals surface area contributed by atoms with E-state index >= 15 is 0 Å². The van der Waals surface area contributed by atoms with Crippen molar-refractivity contribution in [1.82, 2.24) is 0 Å². The smallest absolute Gasteiger partial charge is 0.338 e. The van der Waals surface area contributed by atoms with Gasteiger partial charge in [-0.1, -0.05) is 38.5 Å². The first kappa shape index (κ1) is 21.0. The summed E-state index contributed by atoms with van der Waals surface area (Å²) in [6, 6.07) is 7.93. The van der Waals surface area contributed by atoms with Crippen molar-refractivity contribution in [2.45, 2.75) is 58.5 Å². The molecule has 0 aromatic heterocycles. The van der Waals surface area contributed by atoms with Gasteiger partial charge in [0, 0.05) is 6.42 Å². The topological polar surface area (TPSA) is 52.6 Å². The Hall–Kier alpha value is -2.76. The van der Waals surface area contributed by atoms with E-state index in [0.29, 0.717) is 24.0 Å². The second-order valence-electron chi connectivity index (χ2n) is 7.19. The molecule has 0 saturated carbocycles. The van der Waals surface area contributed by atoms with Crippen molar-refractivity contribution in [1.29, 1.82) is 0 Å². The van der Waals surface area contributed by atoms with Crippen LogP contribution in [0.3, 0.4) is 0 Å². The molecule has 1 aliphatic heterocycles. The molecule has 0 aliphatic carbocycles. The van der Waals surface area contributed by atoms with Crippen molar-refractivity contribution < 1.29 is 27.8 Å². The second-order valence-corrected chi connectivity index (χ2v) is 7.19. The first-order chi connectivity index (χ1) is 13.9. The lowest BCUT2D eigenvalue weighted by Gasteiger charge is -2.23. The largest absolute Gasteiger partial charge is 0.458 e. The average molecular weight is 402 g/mol. The van der Waals surface area contributed by atoms with Crippen molar-refractivity contribution in [3.8, 4) is 5.75 Å². The van der Waals surface area contributed by atoms with Gasteiger partial charge >= 0.3 is 11.9 Å². The lowest BCUT2D eigenvalue weighted by atomic mass is 9.97. The molecule has 3 rings (SSSR count). The highest BCUT2D eigenvalue weighted by Gasteiger charge is 2.26. The molecule has 2 aromatic rings. The van der Waals surface area contributed by atoms with Gasteiger partial charge in [0.25, 0.3) is 0 Å². The minimum atomic E-state index is -0.911. The third-order valence-electron chi connectivity index (χ3n) is 5.07. The molecule has 1 unspecified atom stereocenters. The molecule has 4 nitrogen and oxygen atoms in total. The molecule has 1 aliphatic rings. The minimum absolute atomic E-state index is 0.0269. The van der Waals surface area contributed by atoms with Gasteiger partial charge in [-0.3, -0.25) is 4.79 Å². The van der Waals surface area contributed by atoms with Gasteiger partial charge in [-0.25, -0.2) is 13.6 Å². The zero-order valence-corrected chi connectivity index (χ0v) is 16.6. The Morgan fingerprint density at radius 3 is 2.45 bits per heavy atom. The Balaban J connectivity index is 1.63. The number of aryl methyl sites for hydroxylation is 2. The number of esters is 2. The van der Waals surface area contributed by atoms with Gasteiger partial charge in [0.15, 0.2) is 11.6 Å². The lowest BCUT2D eigenvalue weighted by Crippen LogP contribution is -2.27. The van der Waals surface area contributed by atoms with Crippen LogP contribution in [0.4, 0.5) is 8.78 Å². The molecule has 2 aromatic carbocycles. The standard InChI is InChI=1S/C23H24F2O4/c1-3-5-14-6-7-15(22(25)21(14)24)9-11-20(26)28-18-10-8-16-12-17(4-2)29-23(27)19(16)13-18/h6-8,10,13,17H,3-5,9,11-12H2,1-2H3. The van der Waals surface area contributed by atoms with Crippen LogP contribution < -0.4 is 4.74 Å². The number of benzene rings is 2. The number of fused-ring (bicyclic) bond motifs is 1. The summed E-state index contributed by atoms with van der Waals surface area (Å²) in [5.41, 5.74) is 1.72. The van der Waals surface area contributed by atoms with Crippen molar-refractivity contribution in [3.63, 3.8) is 0 Å². The number of halogens is 2. The molecule has 1 heterocycles. The Labute approximate surface area is 168 Å². The zero-order chi connectivity index (χ0) is 21.0. The van der Waals surface area contributed by atoms with E-state index in [-0.39, 0.29) is 30.3 Å². The minimum Gasteiger partial charge on any atom is -0.458 e. The van der Waals surface area contributed by atoms with Crippen molar-refractivity contribution >= 4 is 11.9 Å². The van der Waals surface area contributed by atoms with Gasteiger partial charge in [-0.2, -0.15) is 0 Å². The molecule has 0 bridgehead atoms. The molecule has 6 heteroatoms. The molecular weight excluding hydrogens is 378 g/mol. The molecule has 0 radical (unpaired) electrons. The number of carbonyl (C=O) groups is 2. The Morgan fingerprint density at radius 1 is 1.10 bits per heavy atom. The summed E-state index contributed by atoms with van der Waals surface area (Å²) in [5.74, 6) is -2.55. The molecule has 0 saturated heterocycles. The van der Waals surface area contributed by atoms with Crippen LogP contribution in [0, 0.1) is 11.6 Å². The molecule has 154 valence electrons. The van der Waals surface area contributed by atoms with E-state index in [2.05, 4.69) is 0 Å². The molecule has 0 fully saturated rings. The van der Waals surface area contributed by atoms with Crippen molar-refractivity contribution in [2.75, 3.05) is 0 Å². The van der Waals surface area contributed by atoms with Gasteiger partial charge in [0.05, 0.1) is 12.0 Å². The van der Waals surface area contributed by atoms with Gasteiger partial charge in [-0.15, -0.1) is 0 Å². The van der Waals surface area contributed by atoms with Gasteiger partial charge < -0.3 is 9.47 Å². The maximum Gasteiger partial charge on any atom is 0.338 e. The first-order valence-electron chi connectivity index (χ1n) is 9.93. The van der Waals surface area contributed by atoms with Crippen molar-refractivity contribution in [3.05, 3.63) is 64.2 Å². The Morgan fingerprint density at radius 2 is 1.79 bits per heavy atom. The molecule has 29 heavy (non-hydrogen) atoms. The maximum absolute atomic E-state index is 14.2. The van der Waals surface area contributed by atoms with Crippen LogP contribution in [-0.2, 0) is 28.8 Å². The first-order valence-corrected chi connectivity index (χ1v) is 9.93. The summed E-state index contributed by atoms with van der Waals surface area (Å²) in [7, 11) is 0. The fourth-order valence-corrected chi connectivity index (χ4v) is 3.42. The predicted octanol–water partition coefficient (Wildman–Crippen LogP) is 4.95. The van der Waals surface area contributed by atoms with Crippen LogP contribution in [0.25, 0.3) is 0 Å². The number of carbonyl (C=O) groups excluding carboxylic acids is 2. The fourth-order valence-electron chi connectivity index (χ4n) is 3.42. The number of rotatable bonds is 7. The van der Waals surface area contributed by atoms with Crippen LogP contribution in [-0.4, -0.2) is 18.0 Å². The molecular formula is C23H24F2O4. The lowest BCUT2D eigenvalue weighted by molar-refractivity contribution is -0.134. The van der Waals surface area contributed by atoms with E-state index < -0.39 is 23.6 Å². The van der Waals surface area contributed by atoms with Crippen LogP contribution in [0.5, 0.6) is 5.75 Å². The number of ether oxygens (including phenoxy) is 2. The van der Waals surface area contributed by atoms with Crippen LogP contribution >= 0.6 is 0 Å². The highest BCUT2D eigenvalue weighted by atomic mass is 19.2. The molecule has 0 N–H and O–H groups in total. The summed E-state index contributed by atoms with van der Waals surface area (Å²) >= 11 is 0. The van der Waals surface area contributed by atoms with Crippen LogP contribution in [0.1, 0.15) is 60.2 Å². The number of hydrogen-bond donors (Lipinski definition) is 0. The SMILES string of the molecule is CCCc1ccc(CCC(=O)Oc2ccc3c(c2)C(=O)OC(CC)C3)c(F)c1F. The van der Waals surface area contributed by atoms with Crippen LogP contribution in [0.15, 0.2) is 30.3 Å². The van der Waals surface area contributed by atoms with Gasteiger partial charge in [-0.05, 0) is 48.1 Å². The van der Waals surface area contributed by atoms with E-state index in [1.54, 1.807) is 18.2 Å². The highest BCUT2D eigenvalue weighted by Crippen LogP contribution is 2.26. The summed E-state index contributed by atoms with van der Waals surface area (Å²) in [6.45, 7) is 3.84.